The summed E-state index contributed by atoms with van der Waals surface area (Å²) >= 11 is 0. The molecule has 0 radical (unpaired) electrons. The number of rotatable bonds is 6. The van der Waals surface area contributed by atoms with Crippen LogP contribution in [-0.4, -0.2) is 76.2 Å². The van der Waals surface area contributed by atoms with E-state index in [4.69, 9.17) is 9.47 Å². The average molecular weight is 476 g/mol. The highest BCUT2D eigenvalue weighted by atomic mass is 16.6. The second-order valence-corrected chi connectivity index (χ2v) is 10.5. The summed E-state index contributed by atoms with van der Waals surface area (Å²) in [7, 11) is 1.86. The molecular formula is C25H41N5O4. The van der Waals surface area contributed by atoms with Gasteiger partial charge < -0.3 is 19.3 Å². The Bertz CT molecular complexity index is 832. The van der Waals surface area contributed by atoms with Gasteiger partial charge in [0.05, 0.1) is 17.1 Å². The minimum atomic E-state index is -0.602. The molecule has 2 aliphatic rings. The van der Waals surface area contributed by atoms with E-state index in [0.717, 1.165) is 32.0 Å². The van der Waals surface area contributed by atoms with Gasteiger partial charge in [-0.1, -0.05) is 19.3 Å². The highest BCUT2D eigenvalue weighted by Crippen LogP contribution is 2.26. The first-order valence-electron chi connectivity index (χ1n) is 12.5. The molecule has 190 valence electrons. The van der Waals surface area contributed by atoms with Gasteiger partial charge in [-0.25, -0.2) is 4.79 Å². The van der Waals surface area contributed by atoms with Crippen LogP contribution in [0.1, 0.15) is 77.1 Å². The smallest absolute Gasteiger partial charge is 0.412 e. The molecule has 1 saturated heterocycles. The third-order valence-corrected chi connectivity index (χ3v) is 6.73. The fraction of sp³-hybridized carbons (Fsp3) is 0.760. The van der Waals surface area contributed by atoms with Gasteiger partial charge in [0.25, 0.3) is 5.91 Å². The minimum Gasteiger partial charge on any atom is -0.453 e. The maximum atomic E-state index is 12.8. The van der Waals surface area contributed by atoms with E-state index in [-0.39, 0.29) is 24.6 Å². The molecular weight excluding hydrogens is 434 g/mol. The number of carbonyl (C=O) groups excluding carboxylic acids is 2. The standard InChI is InChI=1S/C25H41N5O4/c1-17-22(28-24(32)34-25(3,4)5)18(2)27-23(26-17)33-16-21(31)29(6)19-12-14-30(15-13-19)20-10-8-7-9-11-20/h19-20H,7-16H2,1-6H3,(H,28,32). The molecule has 1 aliphatic carbocycles. The monoisotopic (exact) mass is 475 g/mol. The summed E-state index contributed by atoms with van der Waals surface area (Å²) in [5.41, 5.74) is 0.970. The summed E-state index contributed by atoms with van der Waals surface area (Å²) in [6.45, 7) is 10.9. The molecule has 3 rings (SSSR count). The second kappa shape index (κ2) is 11.3. The lowest BCUT2D eigenvalue weighted by Crippen LogP contribution is -2.49. The highest BCUT2D eigenvalue weighted by Gasteiger charge is 2.29. The van der Waals surface area contributed by atoms with Crippen molar-refractivity contribution in [2.45, 2.75) is 97.2 Å². The zero-order valence-corrected chi connectivity index (χ0v) is 21.6. The molecule has 0 unspecified atom stereocenters. The average Bonchev–Trinajstić information content (AvgIpc) is 2.79. The van der Waals surface area contributed by atoms with Crippen LogP contribution in [0.4, 0.5) is 10.5 Å². The van der Waals surface area contributed by atoms with Crippen molar-refractivity contribution < 1.29 is 19.1 Å². The predicted molar refractivity (Wildman–Crippen MR) is 131 cm³/mol. The van der Waals surface area contributed by atoms with Crippen molar-refractivity contribution in [2.24, 2.45) is 0 Å². The molecule has 0 aromatic carbocycles. The summed E-state index contributed by atoms with van der Waals surface area (Å²) in [5.74, 6) is -0.0778. The molecule has 2 fully saturated rings. The predicted octanol–water partition coefficient (Wildman–Crippen LogP) is 4.07. The first-order chi connectivity index (χ1) is 16.0. The molecule has 1 saturated carbocycles. The number of amides is 2. The van der Waals surface area contributed by atoms with E-state index >= 15 is 0 Å². The Hall–Kier alpha value is -2.42. The minimum absolute atomic E-state index is 0.0778. The molecule has 0 atom stereocenters. The third-order valence-electron chi connectivity index (χ3n) is 6.73. The van der Waals surface area contributed by atoms with Crippen molar-refractivity contribution in [1.82, 2.24) is 19.8 Å². The van der Waals surface area contributed by atoms with E-state index in [1.165, 1.54) is 32.1 Å². The first kappa shape index (κ1) is 26.2. The van der Waals surface area contributed by atoms with Crippen molar-refractivity contribution in [1.29, 1.82) is 0 Å². The number of hydrogen-bond acceptors (Lipinski definition) is 7. The Balaban J connectivity index is 1.49. The molecule has 2 amide bonds. The molecule has 2 heterocycles. The van der Waals surface area contributed by atoms with Gasteiger partial charge in [-0.2, -0.15) is 9.97 Å². The van der Waals surface area contributed by atoms with Gasteiger partial charge in [0, 0.05) is 32.2 Å². The van der Waals surface area contributed by atoms with Crippen LogP contribution in [0.25, 0.3) is 0 Å². The highest BCUT2D eigenvalue weighted by molar-refractivity contribution is 5.86. The Kier molecular flexibility index (Phi) is 8.73. The number of anilines is 1. The van der Waals surface area contributed by atoms with Gasteiger partial charge in [0.1, 0.15) is 5.60 Å². The molecule has 1 aliphatic heterocycles. The Labute approximate surface area is 203 Å². The SMILES string of the molecule is Cc1nc(OCC(=O)N(C)C2CCN(C3CCCCC3)CC2)nc(C)c1NC(=O)OC(C)(C)C. The lowest BCUT2D eigenvalue weighted by atomic mass is 9.92. The van der Waals surface area contributed by atoms with Crippen LogP contribution in [0.5, 0.6) is 6.01 Å². The Morgan fingerprint density at radius 1 is 1.03 bits per heavy atom. The largest absolute Gasteiger partial charge is 0.453 e. The van der Waals surface area contributed by atoms with E-state index in [2.05, 4.69) is 20.2 Å². The lowest BCUT2D eigenvalue weighted by Gasteiger charge is -2.41. The fourth-order valence-corrected chi connectivity index (χ4v) is 4.85. The summed E-state index contributed by atoms with van der Waals surface area (Å²) in [6.07, 6.45) is 8.13. The van der Waals surface area contributed by atoms with Crippen LogP contribution in [0.3, 0.4) is 0 Å². The number of likely N-dealkylation sites (N-methyl/N-ethyl adjacent to an activating group) is 1. The van der Waals surface area contributed by atoms with Crippen LogP contribution in [0, 0.1) is 13.8 Å². The number of hydrogen-bond donors (Lipinski definition) is 1. The van der Waals surface area contributed by atoms with Crippen LogP contribution in [0.15, 0.2) is 0 Å². The number of likely N-dealkylation sites (tertiary alicyclic amines) is 1. The summed E-state index contributed by atoms with van der Waals surface area (Å²) < 4.78 is 10.9. The molecule has 1 aromatic heterocycles. The molecule has 1 N–H and O–H groups in total. The topological polar surface area (TPSA) is 96.9 Å². The van der Waals surface area contributed by atoms with E-state index in [1.54, 1.807) is 34.6 Å². The van der Waals surface area contributed by atoms with Crippen LogP contribution < -0.4 is 10.1 Å². The molecule has 1 aromatic rings. The van der Waals surface area contributed by atoms with E-state index in [1.807, 2.05) is 11.9 Å². The van der Waals surface area contributed by atoms with Crippen molar-refractivity contribution in [3.8, 4) is 6.01 Å². The van der Waals surface area contributed by atoms with Gasteiger partial charge in [-0.15, -0.1) is 0 Å². The van der Waals surface area contributed by atoms with Gasteiger partial charge >= 0.3 is 12.1 Å². The summed E-state index contributed by atoms with van der Waals surface area (Å²) in [4.78, 5) is 37.9. The first-order valence-corrected chi connectivity index (χ1v) is 12.5. The summed E-state index contributed by atoms with van der Waals surface area (Å²) in [5, 5.41) is 2.69. The van der Waals surface area contributed by atoms with E-state index in [0.29, 0.717) is 17.1 Å². The zero-order chi connectivity index (χ0) is 24.9. The van der Waals surface area contributed by atoms with Gasteiger partial charge in [0.2, 0.25) is 0 Å². The number of piperidine rings is 1. The van der Waals surface area contributed by atoms with Crippen molar-refractivity contribution >= 4 is 17.7 Å². The molecule has 34 heavy (non-hydrogen) atoms. The maximum Gasteiger partial charge on any atom is 0.412 e. The lowest BCUT2D eigenvalue weighted by molar-refractivity contribution is -0.135. The van der Waals surface area contributed by atoms with Gasteiger partial charge in [0.15, 0.2) is 6.61 Å². The number of nitrogens with one attached hydrogen (secondary N) is 1. The summed E-state index contributed by atoms with van der Waals surface area (Å²) in [6, 6.07) is 1.09. The molecule has 0 spiro atoms. The van der Waals surface area contributed by atoms with Crippen molar-refractivity contribution in [2.75, 3.05) is 32.1 Å². The Morgan fingerprint density at radius 3 is 2.18 bits per heavy atom. The molecule has 9 nitrogen and oxygen atoms in total. The number of aromatic nitrogens is 2. The normalized spacial score (nSPS) is 18.4. The van der Waals surface area contributed by atoms with Crippen molar-refractivity contribution in [3.63, 3.8) is 0 Å². The van der Waals surface area contributed by atoms with Gasteiger partial charge in [-0.3, -0.25) is 10.1 Å². The zero-order valence-electron chi connectivity index (χ0n) is 21.6. The number of carbonyl (C=O) groups is 2. The van der Waals surface area contributed by atoms with E-state index in [9.17, 15) is 9.59 Å². The number of aryl methyl sites for hydroxylation is 2. The maximum absolute atomic E-state index is 12.8. The fourth-order valence-electron chi connectivity index (χ4n) is 4.85. The number of ether oxygens (including phenoxy) is 2. The number of nitrogens with zero attached hydrogens (tertiary/aromatic N) is 4. The second-order valence-electron chi connectivity index (χ2n) is 10.5. The molecule has 0 bridgehead atoms. The van der Waals surface area contributed by atoms with Crippen LogP contribution in [0.2, 0.25) is 0 Å². The van der Waals surface area contributed by atoms with E-state index < -0.39 is 11.7 Å². The van der Waals surface area contributed by atoms with Crippen LogP contribution in [-0.2, 0) is 9.53 Å². The quantitative estimate of drug-likeness (QED) is 0.662. The molecule has 9 heteroatoms. The van der Waals surface area contributed by atoms with Crippen LogP contribution >= 0.6 is 0 Å². The van der Waals surface area contributed by atoms with Crippen molar-refractivity contribution in [3.05, 3.63) is 11.4 Å². The van der Waals surface area contributed by atoms with Gasteiger partial charge in [-0.05, 0) is 60.3 Å². The third kappa shape index (κ3) is 7.29. The Morgan fingerprint density at radius 2 is 1.62 bits per heavy atom.